The third-order valence-electron chi connectivity index (χ3n) is 4.18. The number of amides is 2. The predicted molar refractivity (Wildman–Crippen MR) is 94.3 cm³/mol. The number of pyridine rings is 2. The Morgan fingerprint density at radius 3 is 2.67 bits per heavy atom. The van der Waals surface area contributed by atoms with Crippen LogP contribution in [-0.2, 0) is 4.79 Å². The fourth-order valence-electron chi connectivity index (χ4n) is 3.01. The molecular weight excluding hydrogens is 372 g/mol. The number of rotatable bonds is 4. The molecule has 6 nitrogen and oxygen atoms in total. The zero-order valence-corrected chi connectivity index (χ0v) is 14.5. The first-order chi connectivity index (χ1) is 11.6. The lowest BCUT2D eigenvalue weighted by Gasteiger charge is -2.15. The summed E-state index contributed by atoms with van der Waals surface area (Å²) in [6.45, 7) is 0. The van der Waals surface area contributed by atoms with E-state index in [1.54, 1.807) is 18.5 Å². The SMILES string of the molecule is NC(=O)c1ccnc(NC(=O)C2CCCC2)c1-c1cncc(Br)c1. The fourth-order valence-corrected chi connectivity index (χ4v) is 3.37. The van der Waals surface area contributed by atoms with Crippen LogP contribution in [0.15, 0.2) is 35.2 Å². The molecule has 1 aliphatic rings. The van der Waals surface area contributed by atoms with Gasteiger partial charge in [0, 0.05) is 40.1 Å². The van der Waals surface area contributed by atoms with Gasteiger partial charge in [0.15, 0.2) is 0 Å². The molecule has 24 heavy (non-hydrogen) atoms. The Morgan fingerprint density at radius 2 is 2.00 bits per heavy atom. The predicted octanol–water partition coefficient (Wildman–Crippen LogP) is 3.13. The molecule has 0 radical (unpaired) electrons. The van der Waals surface area contributed by atoms with Crippen LogP contribution in [0.2, 0.25) is 0 Å². The lowest BCUT2D eigenvalue weighted by atomic mass is 10.0. The van der Waals surface area contributed by atoms with E-state index in [4.69, 9.17) is 5.73 Å². The topological polar surface area (TPSA) is 98.0 Å². The molecule has 0 unspecified atom stereocenters. The van der Waals surface area contributed by atoms with Crippen molar-refractivity contribution in [2.75, 3.05) is 5.32 Å². The van der Waals surface area contributed by atoms with E-state index in [1.165, 1.54) is 6.20 Å². The first-order valence-electron chi connectivity index (χ1n) is 7.77. The van der Waals surface area contributed by atoms with Crippen molar-refractivity contribution < 1.29 is 9.59 Å². The summed E-state index contributed by atoms with van der Waals surface area (Å²) in [7, 11) is 0. The van der Waals surface area contributed by atoms with Gasteiger partial charge in [0.1, 0.15) is 5.82 Å². The largest absolute Gasteiger partial charge is 0.366 e. The highest BCUT2D eigenvalue weighted by Gasteiger charge is 2.25. The Balaban J connectivity index is 2.03. The number of aromatic nitrogens is 2. The van der Waals surface area contributed by atoms with Gasteiger partial charge in [-0.15, -0.1) is 0 Å². The van der Waals surface area contributed by atoms with Crippen molar-refractivity contribution in [1.29, 1.82) is 0 Å². The molecule has 1 saturated carbocycles. The summed E-state index contributed by atoms with van der Waals surface area (Å²) in [6.07, 6.45) is 8.62. The summed E-state index contributed by atoms with van der Waals surface area (Å²) in [5, 5.41) is 2.86. The van der Waals surface area contributed by atoms with E-state index >= 15 is 0 Å². The van der Waals surface area contributed by atoms with Crippen molar-refractivity contribution in [3.63, 3.8) is 0 Å². The van der Waals surface area contributed by atoms with Crippen LogP contribution in [0.5, 0.6) is 0 Å². The second-order valence-corrected chi connectivity index (χ2v) is 6.72. The van der Waals surface area contributed by atoms with Gasteiger partial charge >= 0.3 is 0 Å². The van der Waals surface area contributed by atoms with E-state index in [0.717, 1.165) is 30.2 Å². The molecule has 1 fully saturated rings. The maximum absolute atomic E-state index is 12.5. The van der Waals surface area contributed by atoms with Gasteiger partial charge in [0.2, 0.25) is 11.8 Å². The average molecular weight is 389 g/mol. The van der Waals surface area contributed by atoms with Gasteiger partial charge < -0.3 is 11.1 Å². The first kappa shape index (κ1) is 16.6. The van der Waals surface area contributed by atoms with Crippen LogP contribution in [0, 0.1) is 5.92 Å². The van der Waals surface area contributed by atoms with Gasteiger partial charge in [-0.05, 0) is 40.9 Å². The minimum absolute atomic E-state index is 0.00230. The number of nitrogens with zero attached hydrogens (tertiary/aromatic N) is 2. The summed E-state index contributed by atoms with van der Waals surface area (Å²) in [4.78, 5) is 32.7. The van der Waals surface area contributed by atoms with Crippen LogP contribution >= 0.6 is 15.9 Å². The van der Waals surface area contributed by atoms with Crippen LogP contribution in [0.4, 0.5) is 5.82 Å². The Kier molecular flexibility index (Phi) is 4.89. The van der Waals surface area contributed by atoms with Gasteiger partial charge in [-0.2, -0.15) is 0 Å². The molecule has 2 aromatic heterocycles. The summed E-state index contributed by atoms with van der Waals surface area (Å²) >= 11 is 3.36. The molecule has 2 aromatic rings. The number of primary amides is 1. The number of anilines is 1. The van der Waals surface area contributed by atoms with Crippen LogP contribution < -0.4 is 11.1 Å². The van der Waals surface area contributed by atoms with Crippen LogP contribution in [0.3, 0.4) is 0 Å². The maximum atomic E-state index is 12.5. The van der Waals surface area contributed by atoms with Gasteiger partial charge in [0.25, 0.3) is 0 Å². The summed E-state index contributed by atoms with van der Waals surface area (Å²) < 4.78 is 0.757. The number of nitrogens with one attached hydrogen (secondary N) is 1. The molecular formula is C17H17BrN4O2. The molecule has 0 aromatic carbocycles. The van der Waals surface area contributed by atoms with Gasteiger partial charge in [-0.3, -0.25) is 14.6 Å². The standard InChI is InChI=1S/C17H17BrN4O2/c18-12-7-11(8-20-9-12)14-13(15(19)23)5-6-21-16(14)22-17(24)10-3-1-2-4-10/h5-10H,1-4H2,(H2,19,23)(H,21,22,24). The zero-order chi connectivity index (χ0) is 17.1. The smallest absolute Gasteiger partial charge is 0.249 e. The maximum Gasteiger partial charge on any atom is 0.249 e. The van der Waals surface area contributed by atoms with Gasteiger partial charge in [-0.1, -0.05) is 12.8 Å². The van der Waals surface area contributed by atoms with E-state index < -0.39 is 5.91 Å². The molecule has 0 bridgehead atoms. The molecule has 124 valence electrons. The number of halogens is 1. The minimum Gasteiger partial charge on any atom is -0.366 e. The molecule has 7 heteroatoms. The van der Waals surface area contributed by atoms with Crippen LogP contribution in [-0.4, -0.2) is 21.8 Å². The van der Waals surface area contributed by atoms with Crippen molar-refractivity contribution in [2.45, 2.75) is 25.7 Å². The summed E-state index contributed by atoms with van der Waals surface area (Å²) in [6, 6.07) is 3.35. The monoisotopic (exact) mass is 388 g/mol. The highest BCUT2D eigenvalue weighted by molar-refractivity contribution is 9.10. The van der Waals surface area contributed by atoms with Gasteiger partial charge in [-0.25, -0.2) is 4.98 Å². The van der Waals surface area contributed by atoms with Crippen molar-refractivity contribution in [3.8, 4) is 11.1 Å². The highest BCUT2D eigenvalue weighted by atomic mass is 79.9. The third kappa shape index (κ3) is 3.46. The molecule has 3 rings (SSSR count). The van der Waals surface area contributed by atoms with Crippen molar-refractivity contribution in [3.05, 3.63) is 40.8 Å². The number of carbonyl (C=O) groups excluding carboxylic acids is 2. The van der Waals surface area contributed by atoms with E-state index in [0.29, 0.717) is 22.5 Å². The Hall–Kier alpha value is -2.28. The lowest BCUT2D eigenvalue weighted by molar-refractivity contribution is -0.119. The summed E-state index contributed by atoms with van der Waals surface area (Å²) in [5.74, 6) is -0.310. The number of carbonyl (C=O) groups is 2. The van der Waals surface area contributed by atoms with E-state index in [2.05, 4.69) is 31.2 Å². The molecule has 2 amide bonds. The number of hydrogen-bond donors (Lipinski definition) is 2. The van der Waals surface area contributed by atoms with E-state index in [1.807, 2.05) is 6.07 Å². The van der Waals surface area contributed by atoms with Crippen molar-refractivity contribution in [1.82, 2.24) is 9.97 Å². The summed E-state index contributed by atoms with van der Waals surface area (Å²) in [5.41, 5.74) is 6.95. The quantitative estimate of drug-likeness (QED) is 0.840. The molecule has 0 aliphatic heterocycles. The molecule has 2 heterocycles. The number of hydrogen-bond acceptors (Lipinski definition) is 4. The average Bonchev–Trinajstić information content (AvgIpc) is 3.09. The van der Waals surface area contributed by atoms with Gasteiger partial charge in [0.05, 0.1) is 5.56 Å². The second kappa shape index (κ2) is 7.09. The highest BCUT2D eigenvalue weighted by Crippen LogP contribution is 2.32. The van der Waals surface area contributed by atoms with E-state index in [9.17, 15) is 9.59 Å². The molecule has 0 atom stereocenters. The van der Waals surface area contributed by atoms with Crippen molar-refractivity contribution in [2.24, 2.45) is 11.7 Å². The lowest BCUT2D eigenvalue weighted by Crippen LogP contribution is -2.22. The molecule has 1 aliphatic carbocycles. The molecule has 0 saturated heterocycles. The van der Waals surface area contributed by atoms with E-state index in [-0.39, 0.29) is 11.8 Å². The Morgan fingerprint density at radius 1 is 1.25 bits per heavy atom. The normalized spacial score (nSPS) is 14.5. The number of nitrogens with two attached hydrogens (primary N) is 1. The Bertz CT molecular complexity index is 788. The van der Waals surface area contributed by atoms with Crippen LogP contribution in [0.25, 0.3) is 11.1 Å². The molecule has 3 N–H and O–H groups in total. The second-order valence-electron chi connectivity index (χ2n) is 5.81. The molecule has 0 spiro atoms. The fraction of sp³-hybridized carbons (Fsp3) is 0.294. The zero-order valence-electron chi connectivity index (χ0n) is 13.0. The van der Waals surface area contributed by atoms with Crippen molar-refractivity contribution >= 4 is 33.6 Å². The first-order valence-corrected chi connectivity index (χ1v) is 8.56. The third-order valence-corrected chi connectivity index (χ3v) is 4.61. The van der Waals surface area contributed by atoms with Crippen LogP contribution in [0.1, 0.15) is 36.0 Å². The Labute approximate surface area is 148 Å². The minimum atomic E-state index is -0.580.